The SMILES string of the molecule is CC(=O)c1cccc(NC(=O)C(C)OC(=O)c2cc(-c3ccccc3)nc3c2c(C)nn3C)c1. The lowest BCUT2D eigenvalue weighted by molar-refractivity contribution is -0.123. The van der Waals surface area contributed by atoms with Crippen LogP contribution in [0, 0.1) is 6.92 Å². The molecule has 8 heteroatoms. The fraction of sp³-hybridized carbons (Fsp3) is 0.192. The number of esters is 1. The minimum Gasteiger partial charge on any atom is -0.449 e. The van der Waals surface area contributed by atoms with Crippen LogP contribution >= 0.6 is 0 Å². The Balaban J connectivity index is 1.61. The first-order valence-electron chi connectivity index (χ1n) is 10.8. The highest BCUT2D eigenvalue weighted by Gasteiger charge is 2.24. The molecule has 2 aromatic heterocycles. The summed E-state index contributed by atoms with van der Waals surface area (Å²) in [5.41, 5.74) is 3.82. The monoisotopic (exact) mass is 456 g/mol. The van der Waals surface area contributed by atoms with Crippen molar-refractivity contribution in [3.8, 4) is 11.3 Å². The lowest BCUT2D eigenvalue weighted by Crippen LogP contribution is -2.30. The van der Waals surface area contributed by atoms with Crippen molar-refractivity contribution in [1.29, 1.82) is 0 Å². The third-order valence-electron chi connectivity index (χ3n) is 5.45. The van der Waals surface area contributed by atoms with Gasteiger partial charge < -0.3 is 10.1 Å². The molecule has 0 fully saturated rings. The van der Waals surface area contributed by atoms with E-state index in [2.05, 4.69) is 15.4 Å². The fourth-order valence-corrected chi connectivity index (χ4v) is 3.70. The second kappa shape index (κ2) is 9.27. The standard InChI is InChI=1S/C26H24N4O4/c1-15-23-21(14-22(18-9-6-5-7-10-18)28-24(23)30(4)29-15)26(33)34-17(3)25(32)27-20-12-8-11-19(13-20)16(2)31/h5-14,17H,1-4H3,(H,27,32). The predicted molar refractivity (Wildman–Crippen MR) is 129 cm³/mol. The number of nitrogens with one attached hydrogen (secondary N) is 1. The first kappa shape index (κ1) is 22.8. The van der Waals surface area contributed by atoms with Gasteiger partial charge in [-0.05, 0) is 39.0 Å². The van der Waals surface area contributed by atoms with Crippen LogP contribution in [0.5, 0.6) is 0 Å². The van der Waals surface area contributed by atoms with Crippen LogP contribution < -0.4 is 5.32 Å². The van der Waals surface area contributed by atoms with E-state index in [4.69, 9.17) is 4.74 Å². The molecule has 172 valence electrons. The Kier molecular flexibility index (Phi) is 6.23. The molecule has 0 bridgehead atoms. The van der Waals surface area contributed by atoms with Gasteiger partial charge in [0.25, 0.3) is 5.91 Å². The third kappa shape index (κ3) is 4.56. The van der Waals surface area contributed by atoms with Crippen molar-refractivity contribution in [1.82, 2.24) is 14.8 Å². The fourth-order valence-electron chi connectivity index (χ4n) is 3.70. The van der Waals surface area contributed by atoms with E-state index >= 15 is 0 Å². The van der Waals surface area contributed by atoms with Crippen LogP contribution in [0.25, 0.3) is 22.3 Å². The van der Waals surface area contributed by atoms with Crippen molar-refractivity contribution in [2.45, 2.75) is 26.9 Å². The Bertz CT molecular complexity index is 1410. The van der Waals surface area contributed by atoms with E-state index in [-0.39, 0.29) is 11.3 Å². The molecule has 2 heterocycles. The van der Waals surface area contributed by atoms with Gasteiger partial charge in [0.15, 0.2) is 17.5 Å². The van der Waals surface area contributed by atoms with Gasteiger partial charge in [-0.25, -0.2) is 9.78 Å². The van der Waals surface area contributed by atoms with Crippen molar-refractivity contribution in [3.05, 3.63) is 77.5 Å². The highest BCUT2D eigenvalue weighted by Crippen LogP contribution is 2.27. The number of ether oxygens (including phenoxy) is 1. The number of anilines is 1. The number of ketones is 1. The van der Waals surface area contributed by atoms with E-state index in [1.54, 1.807) is 49.0 Å². The topological polar surface area (TPSA) is 103 Å². The maximum atomic E-state index is 13.2. The van der Waals surface area contributed by atoms with Gasteiger partial charge in [0.05, 0.1) is 22.3 Å². The molecule has 1 N–H and O–H groups in total. The molecular formula is C26H24N4O4. The van der Waals surface area contributed by atoms with Gasteiger partial charge in [0.2, 0.25) is 0 Å². The maximum Gasteiger partial charge on any atom is 0.339 e. The summed E-state index contributed by atoms with van der Waals surface area (Å²) in [6.07, 6.45) is -1.08. The summed E-state index contributed by atoms with van der Waals surface area (Å²) in [5.74, 6) is -1.27. The number of hydrogen-bond acceptors (Lipinski definition) is 6. The second-order valence-electron chi connectivity index (χ2n) is 8.00. The van der Waals surface area contributed by atoms with E-state index in [0.717, 1.165) is 5.56 Å². The number of aryl methyl sites for hydroxylation is 2. The van der Waals surface area contributed by atoms with E-state index in [0.29, 0.717) is 33.7 Å². The lowest BCUT2D eigenvalue weighted by Gasteiger charge is -2.15. The summed E-state index contributed by atoms with van der Waals surface area (Å²) < 4.78 is 7.15. The molecule has 0 spiro atoms. The van der Waals surface area contributed by atoms with Crippen LogP contribution in [0.3, 0.4) is 0 Å². The molecule has 1 amide bonds. The van der Waals surface area contributed by atoms with Gasteiger partial charge in [-0.3, -0.25) is 14.3 Å². The van der Waals surface area contributed by atoms with Crippen molar-refractivity contribution in [2.75, 3.05) is 5.32 Å². The van der Waals surface area contributed by atoms with E-state index in [1.165, 1.54) is 13.8 Å². The number of pyridine rings is 1. The Morgan fingerprint density at radius 1 is 1.03 bits per heavy atom. The van der Waals surface area contributed by atoms with Gasteiger partial charge in [-0.15, -0.1) is 0 Å². The van der Waals surface area contributed by atoms with Crippen LogP contribution in [0.15, 0.2) is 60.7 Å². The molecule has 1 atom stereocenters. The Labute approximate surface area is 196 Å². The minimum absolute atomic E-state index is 0.113. The van der Waals surface area contributed by atoms with Crippen LogP contribution in [0.4, 0.5) is 5.69 Å². The summed E-state index contributed by atoms with van der Waals surface area (Å²) in [5, 5.41) is 7.66. The molecule has 8 nitrogen and oxygen atoms in total. The molecule has 2 aromatic carbocycles. The smallest absolute Gasteiger partial charge is 0.339 e. The number of fused-ring (bicyclic) bond motifs is 1. The zero-order valence-electron chi connectivity index (χ0n) is 19.3. The van der Waals surface area contributed by atoms with Gasteiger partial charge >= 0.3 is 5.97 Å². The van der Waals surface area contributed by atoms with Gasteiger partial charge in [0, 0.05) is 23.9 Å². The van der Waals surface area contributed by atoms with Crippen molar-refractivity contribution >= 4 is 34.4 Å². The normalized spacial score (nSPS) is 11.8. The van der Waals surface area contributed by atoms with Crippen molar-refractivity contribution in [3.63, 3.8) is 0 Å². The highest BCUT2D eigenvalue weighted by atomic mass is 16.5. The molecule has 4 aromatic rings. The van der Waals surface area contributed by atoms with Crippen molar-refractivity contribution in [2.24, 2.45) is 7.05 Å². The Hall–Kier alpha value is -4.33. The van der Waals surface area contributed by atoms with E-state index in [9.17, 15) is 14.4 Å². The Morgan fingerprint density at radius 2 is 1.76 bits per heavy atom. The average Bonchev–Trinajstić information content (AvgIpc) is 3.12. The van der Waals surface area contributed by atoms with Crippen molar-refractivity contribution < 1.29 is 19.1 Å². The minimum atomic E-state index is -1.08. The molecule has 1 unspecified atom stereocenters. The molecule has 4 rings (SSSR count). The number of nitrogens with zero attached hydrogens (tertiary/aromatic N) is 3. The summed E-state index contributed by atoms with van der Waals surface area (Å²) in [4.78, 5) is 42.2. The molecule has 34 heavy (non-hydrogen) atoms. The van der Waals surface area contributed by atoms with Crippen LogP contribution in [0.1, 0.15) is 40.3 Å². The summed E-state index contributed by atoms with van der Waals surface area (Å²) in [6, 6.07) is 17.7. The zero-order valence-corrected chi connectivity index (χ0v) is 19.3. The third-order valence-corrected chi connectivity index (χ3v) is 5.45. The number of aromatic nitrogens is 3. The molecule has 0 radical (unpaired) electrons. The second-order valence-corrected chi connectivity index (χ2v) is 8.00. The quantitative estimate of drug-likeness (QED) is 0.342. The van der Waals surface area contributed by atoms with Crippen LogP contribution in [0.2, 0.25) is 0 Å². The first-order chi connectivity index (χ1) is 16.2. The summed E-state index contributed by atoms with van der Waals surface area (Å²) in [7, 11) is 1.76. The molecule has 0 saturated heterocycles. The number of carbonyl (C=O) groups is 3. The molecular weight excluding hydrogens is 432 g/mol. The maximum absolute atomic E-state index is 13.2. The number of hydrogen-bond donors (Lipinski definition) is 1. The zero-order chi connectivity index (χ0) is 24.4. The molecule has 0 saturated carbocycles. The number of Topliss-reactive ketones (excluding diaryl/α,β-unsaturated/α-hetero) is 1. The van der Waals surface area contributed by atoms with Gasteiger partial charge in [-0.2, -0.15) is 5.10 Å². The predicted octanol–water partition coefficient (Wildman–Crippen LogP) is 4.33. The Morgan fingerprint density at radius 3 is 2.47 bits per heavy atom. The number of carbonyl (C=O) groups excluding carboxylic acids is 3. The number of rotatable bonds is 6. The highest BCUT2D eigenvalue weighted by molar-refractivity contribution is 6.06. The first-order valence-corrected chi connectivity index (χ1v) is 10.8. The van der Waals surface area contributed by atoms with Crippen LogP contribution in [-0.4, -0.2) is 38.5 Å². The average molecular weight is 457 g/mol. The number of amides is 1. The van der Waals surface area contributed by atoms with Crippen LogP contribution in [-0.2, 0) is 16.6 Å². The molecule has 0 aliphatic carbocycles. The van der Waals surface area contributed by atoms with Gasteiger partial charge in [0.1, 0.15) is 0 Å². The molecule has 0 aliphatic rings. The largest absolute Gasteiger partial charge is 0.449 e. The van der Waals surface area contributed by atoms with Gasteiger partial charge in [-0.1, -0.05) is 42.5 Å². The van der Waals surface area contributed by atoms with E-state index < -0.39 is 18.0 Å². The number of benzene rings is 2. The molecule has 0 aliphatic heterocycles. The summed E-state index contributed by atoms with van der Waals surface area (Å²) in [6.45, 7) is 4.74. The lowest BCUT2D eigenvalue weighted by atomic mass is 10.1. The van der Waals surface area contributed by atoms with E-state index in [1.807, 2.05) is 30.3 Å². The summed E-state index contributed by atoms with van der Waals surface area (Å²) >= 11 is 0.